The molecular weight excluding hydrogens is 593 g/mol. The number of hydrogen-bond donors (Lipinski definition) is 0. The highest BCUT2D eigenvalue weighted by Crippen LogP contribution is 2.48. The summed E-state index contributed by atoms with van der Waals surface area (Å²) in [5.41, 5.74) is 8.80. The molecule has 0 bridgehead atoms. The molecule has 1 aromatic heterocycles. The number of hydrogen-bond acceptors (Lipinski definition) is 1. The van der Waals surface area contributed by atoms with Crippen molar-refractivity contribution in [3.05, 3.63) is 182 Å². The van der Waals surface area contributed by atoms with E-state index in [4.69, 9.17) is 11.3 Å². The first kappa shape index (κ1) is 23.0. The lowest BCUT2D eigenvalue weighted by atomic mass is 9.83. The molecule has 10 aromatic rings. The maximum Gasteiger partial charge on any atom is 0.136 e. The fourth-order valence-electron chi connectivity index (χ4n) is 7.63. The Morgan fingerprint density at radius 2 is 1.02 bits per heavy atom. The van der Waals surface area contributed by atoms with E-state index in [1.807, 2.05) is 24.3 Å². The fourth-order valence-corrected chi connectivity index (χ4v) is 7.63. The van der Waals surface area contributed by atoms with E-state index in [1.54, 1.807) is 6.07 Å². The molecule has 0 amide bonds. The molecule has 0 atom stereocenters. The van der Waals surface area contributed by atoms with Crippen LogP contribution in [0.5, 0.6) is 0 Å². The first-order valence-corrected chi connectivity index (χ1v) is 16.4. The Labute approximate surface area is 291 Å². The molecule has 0 radical (unpaired) electrons. The van der Waals surface area contributed by atoms with Gasteiger partial charge in [0.2, 0.25) is 0 Å². The van der Waals surface area contributed by atoms with Crippen LogP contribution in [0.1, 0.15) is 6.85 Å². The third-order valence-electron chi connectivity index (χ3n) is 9.72. The van der Waals surface area contributed by atoms with Gasteiger partial charge in [-0.05, 0) is 107 Å². The summed E-state index contributed by atoms with van der Waals surface area (Å²) in [5.74, 6) is 0. The summed E-state index contributed by atoms with van der Waals surface area (Å²) in [6, 6.07) is 51.0. The molecule has 9 aromatic carbocycles. The third-order valence-corrected chi connectivity index (χ3v) is 9.72. The minimum absolute atomic E-state index is 0.167. The predicted octanol–water partition coefficient (Wildman–Crippen LogP) is 13.7. The summed E-state index contributed by atoms with van der Waals surface area (Å²) in [6.07, 6.45) is 0. The summed E-state index contributed by atoms with van der Waals surface area (Å²) >= 11 is 0. The van der Waals surface area contributed by atoms with Crippen molar-refractivity contribution in [1.82, 2.24) is 0 Å². The van der Waals surface area contributed by atoms with Gasteiger partial charge in [0.25, 0.3) is 0 Å². The number of benzene rings is 9. The molecule has 0 aliphatic heterocycles. The molecule has 0 spiro atoms. The van der Waals surface area contributed by atoms with Crippen molar-refractivity contribution in [2.24, 2.45) is 0 Å². The van der Waals surface area contributed by atoms with Crippen molar-refractivity contribution in [1.29, 1.82) is 0 Å². The average molecular weight is 628 g/mol. The molecule has 0 aliphatic rings. The van der Waals surface area contributed by atoms with Crippen LogP contribution in [0.3, 0.4) is 0 Å². The van der Waals surface area contributed by atoms with Gasteiger partial charge in [0.05, 0.1) is 6.85 Å². The maximum atomic E-state index is 8.67. The van der Waals surface area contributed by atoms with Crippen molar-refractivity contribution in [2.75, 3.05) is 0 Å². The van der Waals surface area contributed by atoms with Crippen LogP contribution in [0.2, 0.25) is 0 Å². The predicted molar refractivity (Wildman–Crippen MR) is 208 cm³/mol. The molecule has 0 saturated carbocycles. The van der Waals surface area contributed by atoms with E-state index >= 15 is 0 Å². The molecule has 0 unspecified atom stereocenters. The summed E-state index contributed by atoms with van der Waals surface area (Å²) in [6.45, 7) is 0. The molecular formula is C48H30O. The van der Waals surface area contributed by atoms with E-state index in [9.17, 15) is 0 Å². The topological polar surface area (TPSA) is 13.1 Å². The molecule has 10 rings (SSSR count). The number of fused-ring (bicyclic) bond motifs is 6. The number of furan rings is 1. The van der Waals surface area contributed by atoms with E-state index in [1.165, 1.54) is 27.5 Å². The van der Waals surface area contributed by atoms with Gasteiger partial charge in [0.15, 0.2) is 0 Å². The molecule has 0 saturated heterocycles. The number of rotatable bonds is 4. The zero-order valence-corrected chi connectivity index (χ0v) is 26.3. The SMILES string of the molecule is [2H]c1c([2H])c([2H])c(-c2ccc3oc4cccc(-c5c6ccccc6c(-c6cc(-c7ccccc7)c7ccccc7c6)c6ccccc56)c4c3c2)c([2H])c1[2H]. The van der Waals surface area contributed by atoms with Crippen LogP contribution >= 0.6 is 0 Å². The van der Waals surface area contributed by atoms with Gasteiger partial charge in [-0.15, -0.1) is 0 Å². The van der Waals surface area contributed by atoms with Crippen molar-refractivity contribution in [2.45, 2.75) is 0 Å². The van der Waals surface area contributed by atoms with Gasteiger partial charge < -0.3 is 4.42 Å². The Morgan fingerprint density at radius 1 is 0.367 bits per heavy atom. The normalized spacial score (nSPS) is 13.1. The lowest BCUT2D eigenvalue weighted by Gasteiger charge is -2.19. The fraction of sp³-hybridized carbons (Fsp3) is 0. The van der Waals surface area contributed by atoms with Crippen molar-refractivity contribution >= 4 is 54.3 Å². The lowest BCUT2D eigenvalue weighted by molar-refractivity contribution is 0.669. The summed E-state index contributed by atoms with van der Waals surface area (Å²) in [5, 5.41) is 8.56. The summed E-state index contributed by atoms with van der Waals surface area (Å²) < 4.78 is 48.5. The molecule has 228 valence electrons. The van der Waals surface area contributed by atoms with Crippen LogP contribution in [0.4, 0.5) is 0 Å². The van der Waals surface area contributed by atoms with E-state index < -0.39 is 6.04 Å². The molecule has 1 heterocycles. The Hall–Kier alpha value is -6.44. The van der Waals surface area contributed by atoms with Gasteiger partial charge in [0.1, 0.15) is 11.2 Å². The van der Waals surface area contributed by atoms with Crippen LogP contribution in [0.25, 0.3) is 98.8 Å². The Bertz CT molecular complexity index is 3080. The van der Waals surface area contributed by atoms with E-state index in [0.29, 0.717) is 16.7 Å². The molecule has 1 nitrogen and oxygen atoms in total. The minimum Gasteiger partial charge on any atom is -0.456 e. The first-order valence-electron chi connectivity index (χ1n) is 18.9. The third kappa shape index (κ3) is 4.40. The van der Waals surface area contributed by atoms with Gasteiger partial charge in [0, 0.05) is 10.8 Å². The monoisotopic (exact) mass is 627 g/mol. The van der Waals surface area contributed by atoms with Crippen LogP contribution in [0, 0.1) is 0 Å². The lowest BCUT2D eigenvalue weighted by Crippen LogP contribution is -1.92. The van der Waals surface area contributed by atoms with Crippen LogP contribution in [-0.4, -0.2) is 0 Å². The first-order chi connectivity index (χ1) is 26.4. The highest BCUT2D eigenvalue weighted by Gasteiger charge is 2.21. The summed E-state index contributed by atoms with van der Waals surface area (Å²) in [7, 11) is 0. The van der Waals surface area contributed by atoms with Crippen LogP contribution in [0.15, 0.2) is 186 Å². The van der Waals surface area contributed by atoms with Gasteiger partial charge in [-0.2, -0.15) is 0 Å². The van der Waals surface area contributed by atoms with Gasteiger partial charge in [-0.1, -0.05) is 152 Å². The second-order valence-corrected chi connectivity index (χ2v) is 12.4. The zero-order valence-electron chi connectivity index (χ0n) is 31.3. The molecule has 0 fully saturated rings. The molecule has 1 heteroatoms. The molecule has 49 heavy (non-hydrogen) atoms. The standard InChI is InChI=1S/C48H30O/c1-3-14-31(15-4-1)33-26-27-44-43(29-33)48-41(24-13-25-45(48)49-44)47-39-22-11-9-20-37(39)46(38-21-10-12-23-40(38)47)35-28-34-18-7-8-19-36(34)42(30-35)32-16-5-2-6-17-32/h1-30H/i1D,3D,4D,14D,15D. The Morgan fingerprint density at radius 3 is 1.76 bits per heavy atom. The van der Waals surface area contributed by atoms with E-state index in [0.717, 1.165) is 49.0 Å². The second-order valence-electron chi connectivity index (χ2n) is 12.4. The largest absolute Gasteiger partial charge is 0.456 e. The van der Waals surface area contributed by atoms with Crippen LogP contribution in [-0.2, 0) is 0 Å². The Balaban J connectivity index is 1.28. The molecule has 0 aliphatic carbocycles. The highest BCUT2D eigenvalue weighted by atomic mass is 16.3. The van der Waals surface area contributed by atoms with Crippen molar-refractivity contribution in [3.63, 3.8) is 0 Å². The van der Waals surface area contributed by atoms with Crippen LogP contribution < -0.4 is 0 Å². The zero-order chi connectivity index (χ0) is 36.7. The second kappa shape index (κ2) is 11.1. The Kier molecular flexibility index (Phi) is 5.20. The van der Waals surface area contributed by atoms with E-state index in [2.05, 4.69) is 121 Å². The van der Waals surface area contributed by atoms with Crippen molar-refractivity contribution in [3.8, 4) is 44.5 Å². The molecule has 0 N–H and O–H groups in total. The van der Waals surface area contributed by atoms with Gasteiger partial charge >= 0.3 is 0 Å². The summed E-state index contributed by atoms with van der Waals surface area (Å²) in [4.78, 5) is 0. The van der Waals surface area contributed by atoms with E-state index in [-0.39, 0.29) is 29.7 Å². The smallest absolute Gasteiger partial charge is 0.136 e. The highest BCUT2D eigenvalue weighted by molar-refractivity contribution is 6.26. The average Bonchev–Trinajstić information content (AvgIpc) is 3.60. The van der Waals surface area contributed by atoms with Gasteiger partial charge in [-0.3, -0.25) is 0 Å². The minimum atomic E-state index is -0.409. The van der Waals surface area contributed by atoms with Crippen molar-refractivity contribution < 1.29 is 11.3 Å². The maximum absolute atomic E-state index is 8.67. The quantitative estimate of drug-likeness (QED) is 0.177. The van der Waals surface area contributed by atoms with Gasteiger partial charge in [-0.25, -0.2) is 0 Å².